The minimum Gasteiger partial charge on any atom is -0.503 e. The summed E-state index contributed by atoms with van der Waals surface area (Å²) in [5.41, 5.74) is 1.15. The zero-order valence-electron chi connectivity index (χ0n) is 15.6. The number of fused-ring (bicyclic) bond motifs is 2. The largest absolute Gasteiger partial charge is 0.503 e. The maximum atomic E-state index is 14.2. The molecule has 2 aromatic heterocycles. The number of thiazole rings is 1. The van der Waals surface area contributed by atoms with Gasteiger partial charge in [0, 0.05) is 42.8 Å². The average molecular weight is 432 g/mol. The van der Waals surface area contributed by atoms with Gasteiger partial charge in [-0.05, 0) is 31.0 Å². The summed E-state index contributed by atoms with van der Waals surface area (Å²) < 4.78 is 16.2. The van der Waals surface area contributed by atoms with Crippen LogP contribution in [-0.4, -0.2) is 32.1 Å². The fourth-order valence-corrected chi connectivity index (χ4v) is 5.42. The normalized spacial score (nSPS) is 18.6. The van der Waals surface area contributed by atoms with E-state index in [9.17, 15) is 14.3 Å². The lowest BCUT2D eigenvalue weighted by molar-refractivity contribution is 0.183. The fourth-order valence-electron chi connectivity index (χ4n) is 4.28. The summed E-state index contributed by atoms with van der Waals surface area (Å²) in [7, 11) is 0. The highest BCUT2D eigenvalue weighted by Gasteiger charge is 2.32. The molecule has 0 aliphatic carbocycles. The van der Waals surface area contributed by atoms with Crippen LogP contribution in [0.3, 0.4) is 0 Å². The van der Waals surface area contributed by atoms with Crippen molar-refractivity contribution in [3.05, 3.63) is 67.8 Å². The Morgan fingerprint density at radius 1 is 1.38 bits per heavy atom. The zero-order chi connectivity index (χ0) is 20.1. The summed E-state index contributed by atoms with van der Waals surface area (Å²) in [5.74, 6) is -0.623. The van der Waals surface area contributed by atoms with Crippen molar-refractivity contribution >= 4 is 22.9 Å². The molecule has 5 nitrogen and oxygen atoms in total. The number of nitrogens with zero attached hydrogens (tertiary/aromatic N) is 3. The van der Waals surface area contributed by atoms with Crippen LogP contribution in [0.15, 0.2) is 35.4 Å². The average Bonchev–Trinajstić information content (AvgIpc) is 3.36. The third-order valence-electron chi connectivity index (χ3n) is 5.80. The molecule has 4 heterocycles. The van der Waals surface area contributed by atoms with Crippen LogP contribution in [0.4, 0.5) is 4.39 Å². The number of aromatic hydroxyl groups is 1. The number of halogens is 2. The Balaban J connectivity index is 1.48. The van der Waals surface area contributed by atoms with Crippen LogP contribution in [0.5, 0.6) is 5.75 Å². The first-order chi connectivity index (χ1) is 14.0. The standard InChI is InChI=1S/C21H19ClFN3O2S/c22-16-5-1-3-12(18(16)23)7-14-8-24-21(29-14)15-10-26-9-13-4-2-6-25(13)11-17(26)20(28)19(15)27/h1,3,5,8,10,13,28H,2,4,6-7,9,11H2. The molecule has 1 atom stereocenters. The minimum absolute atomic E-state index is 0.0889. The summed E-state index contributed by atoms with van der Waals surface area (Å²) in [5, 5.41) is 11.2. The fraction of sp³-hybridized carbons (Fsp3) is 0.333. The Morgan fingerprint density at radius 3 is 3.10 bits per heavy atom. The molecule has 0 spiro atoms. The molecule has 0 bridgehead atoms. The third-order valence-corrected chi connectivity index (χ3v) is 7.13. The number of aromatic nitrogens is 2. The summed E-state index contributed by atoms with van der Waals surface area (Å²) in [6, 6.07) is 5.37. The van der Waals surface area contributed by atoms with Gasteiger partial charge in [0.2, 0.25) is 5.43 Å². The molecule has 3 aromatic rings. The Labute approximate surface area is 176 Å². The smallest absolute Gasteiger partial charge is 0.233 e. The molecular weight excluding hydrogens is 413 g/mol. The van der Waals surface area contributed by atoms with Crippen molar-refractivity contribution in [1.82, 2.24) is 14.5 Å². The van der Waals surface area contributed by atoms with Gasteiger partial charge in [0.1, 0.15) is 10.8 Å². The van der Waals surface area contributed by atoms with Gasteiger partial charge in [0.15, 0.2) is 5.75 Å². The number of hydrogen-bond donors (Lipinski definition) is 1. The second-order valence-corrected chi connectivity index (χ2v) is 9.13. The SMILES string of the molecule is O=c1c(-c2ncc(Cc3cccc(Cl)c3F)s2)cn2c(c1O)CN1CCCC1C2. The van der Waals surface area contributed by atoms with E-state index in [1.807, 2.05) is 10.8 Å². The van der Waals surface area contributed by atoms with Gasteiger partial charge in [-0.3, -0.25) is 9.69 Å². The van der Waals surface area contributed by atoms with E-state index < -0.39 is 11.2 Å². The van der Waals surface area contributed by atoms with Crippen LogP contribution in [0.2, 0.25) is 5.02 Å². The van der Waals surface area contributed by atoms with Crippen molar-refractivity contribution in [3.63, 3.8) is 0 Å². The highest BCUT2D eigenvalue weighted by atomic mass is 35.5. The first kappa shape index (κ1) is 18.8. The summed E-state index contributed by atoms with van der Waals surface area (Å²) in [6.45, 7) is 2.38. The van der Waals surface area contributed by atoms with Crippen molar-refractivity contribution in [3.8, 4) is 16.3 Å². The van der Waals surface area contributed by atoms with E-state index in [2.05, 4.69) is 9.88 Å². The van der Waals surface area contributed by atoms with Crippen LogP contribution in [0.1, 0.15) is 29.0 Å². The zero-order valence-corrected chi connectivity index (χ0v) is 17.1. The van der Waals surface area contributed by atoms with E-state index in [0.29, 0.717) is 40.8 Å². The van der Waals surface area contributed by atoms with Crippen LogP contribution >= 0.6 is 22.9 Å². The molecule has 8 heteroatoms. The summed E-state index contributed by atoms with van der Waals surface area (Å²) >= 11 is 7.20. The molecule has 150 valence electrons. The van der Waals surface area contributed by atoms with Crippen molar-refractivity contribution in [2.24, 2.45) is 0 Å². The van der Waals surface area contributed by atoms with E-state index in [-0.39, 0.29) is 10.8 Å². The molecule has 1 fully saturated rings. The van der Waals surface area contributed by atoms with Gasteiger partial charge in [-0.2, -0.15) is 0 Å². The minimum atomic E-state index is -0.434. The van der Waals surface area contributed by atoms with Crippen molar-refractivity contribution in [1.29, 1.82) is 0 Å². The quantitative estimate of drug-likeness (QED) is 0.680. The lowest BCUT2D eigenvalue weighted by Crippen LogP contribution is -2.39. The van der Waals surface area contributed by atoms with Gasteiger partial charge < -0.3 is 9.67 Å². The molecule has 29 heavy (non-hydrogen) atoms. The van der Waals surface area contributed by atoms with Gasteiger partial charge in [0.25, 0.3) is 0 Å². The number of benzene rings is 1. The predicted octanol–water partition coefficient (Wildman–Crippen LogP) is 4.04. The first-order valence-electron chi connectivity index (χ1n) is 9.58. The van der Waals surface area contributed by atoms with Gasteiger partial charge >= 0.3 is 0 Å². The van der Waals surface area contributed by atoms with Crippen molar-refractivity contribution < 1.29 is 9.50 Å². The Kier molecular flexibility index (Phi) is 4.69. The predicted molar refractivity (Wildman–Crippen MR) is 111 cm³/mol. The maximum Gasteiger partial charge on any atom is 0.233 e. The Bertz CT molecular complexity index is 1160. The van der Waals surface area contributed by atoms with Gasteiger partial charge in [0.05, 0.1) is 16.3 Å². The second-order valence-electron chi connectivity index (χ2n) is 7.61. The first-order valence-corrected chi connectivity index (χ1v) is 10.8. The van der Waals surface area contributed by atoms with Crippen LogP contribution in [0, 0.1) is 5.82 Å². The van der Waals surface area contributed by atoms with Crippen LogP contribution < -0.4 is 5.43 Å². The molecule has 2 aliphatic rings. The topological polar surface area (TPSA) is 58.4 Å². The molecule has 1 N–H and O–H groups in total. The van der Waals surface area contributed by atoms with Gasteiger partial charge in [-0.15, -0.1) is 11.3 Å². The van der Waals surface area contributed by atoms with E-state index in [0.717, 1.165) is 30.8 Å². The molecule has 1 unspecified atom stereocenters. The molecule has 1 saturated heterocycles. The summed E-state index contributed by atoms with van der Waals surface area (Å²) in [6.07, 6.45) is 6.09. The molecular formula is C21H19ClFN3O2S. The monoisotopic (exact) mass is 431 g/mol. The van der Waals surface area contributed by atoms with E-state index in [4.69, 9.17) is 11.6 Å². The van der Waals surface area contributed by atoms with E-state index >= 15 is 0 Å². The number of pyridine rings is 1. The van der Waals surface area contributed by atoms with Gasteiger partial charge in [-0.1, -0.05) is 23.7 Å². The molecule has 0 amide bonds. The maximum absolute atomic E-state index is 14.2. The second kappa shape index (κ2) is 7.23. The molecule has 5 rings (SSSR count). The molecule has 0 saturated carbocycles. The lowest BCUT2D eigenvalue weighted by atomic mass is 10.1. The highest BCUT2D eigenvalue weighted by molar-refractivity contribution is 7.15. The van der Waals surface area contributed by atoms with Crippen LogP contribution in [0.25, 0.3) is 10.6 Å². The molecule has 2 aliphatic heterocycles. The van der Waals surface area contributed by atoms with Gasteiger partial charge in [-0.25, -0.2) is 9.37 Å². The number of hydrogen-bond acceptors (Lipinski definition) is 5. The van der Waals surface area contributed by atoms with E-state index in [1.165, 1.54) is 17.4 Å². The third kappa shape index (κ3) is 3.27. The van der Waals surface area contributed by atoms with Crippen LogP contribution in [-0.2, 0) is 19.5 Å². The Morgan fingerprint density at radius 2 is 2.24 bits per heavy atom. The highest BCUT2D eigenvalue weighted by Crippen LogP contribution is 2.32. The Hall–Kier alpha value is -2.22. The number of rotatable bonds is 3. The lowest BCUT2D eigenvalue weighted by Gasteiger charge is -2.33. The van der Waals surface area contributed by atoms with Crippen molar-refractivity contribution in [2.45, 2.75) is 38.4 Å². The van der Waals surface area contributed by atoms with E-state index in [1.54, 1.807) is 18.3 Å². The summed E-state index contributed by atoms with van der Waals surface area (Å²) in [4.78, 5) is 20.3. The van der Waals surface area contributed by atoms with Crippen molar-refractivity contribution in [2.75, 3.05) is 6.54 Å². The molecule has 1 aromatic carbocycles. The molecule has 0 radical (unpaired) electrons.